The van der Waals surface area contributed by atoms with Gasteiger partial charge < -0.3 is 5.11 Å². The maximum Gasteiger partial charge on any atom is 0.296 e. The summed E-state index contributed by atoms with van der Waals surface area (Å²) in [5, 5.41) is 20.9. The summed E-state index contributed by atoms with van der Waals surface area (Å²) in [4.78, 5) is 32.4. The monoisotopic (exact) mass is 480 g/mol. The molecule has 1 amide bonds. The average Bonchev–Trinajstić information content (AvgIpc) is 3.33. The van der Waals surface area contributed by atoms with Gasteiger partial charge in [-0.25, -0.2) is 4.98 Å². The van der Waals surface area contributed by atoms with Gasteiger partial charge in [0.25, 0.3) is 5.91 Å². The van der Waals surface area contributed by atoms with E-state index in [0.717, 1.165) is 0 Å². The fraction of sp³-hybridized carbons (Fsp3) is 0.211. The van der Waals surface area contributed by atoms with Crippen LogP contribution in [0.2, 0.25) is 10.0 Å². The largest absolute Gasteiger partial charge is 0.503 e. The lowest BCUT2D eigenvalue weighted by Crippen LogP contribution is -2.31. The zero-order valence-electron chi connectivity index (χ0n) is 15.9. The molecule has 3 heterocycles. The number of aryl methyl sites for hydroxylation is 3. The molecule has 0 aliphatic carbocycles. The van der Waals surface area contributed by atoms with E-state index in [2.05, 4.69) is 15.2 Å². The van der Waals surface area contributed by atoms with Crippen LogP contribution in [0.5, 0.6) is 0 Å². The molecule has 30 heavy (non-hydrogen) atoms. The summed E-state index contributed by atoms with van der Waals surface area (Å²) in [6, 6.07) is 3.87. The molecule has 2 aromatic heterocycles. The van der Waals surface area contributed by atoms with Crippen molar-refractivity contribution in [2.75, 3.05) is 4.90 Å². The van der Waals surface area contributed by atoms with E-state index in [4.69, 9.17) is 23.2 Å². The predicted molar refractivity (Wildman–Crippen MR) is 117 cm³/mol. The van der Waals surface area contributed by atoms with Crippen molar-refractivity contribution in [2.24, 2.45) is 0 Å². The molecule has 0 radical (unpaired) electrons. The third-order valence-corrected chi connectivity index (χ3v) is 7.19. The molecule has 0 spiro atoms. The fourth-order valence-electron chi connectivity index (χ4n) is 3.28. The smallest absolute Gasteiger partial charge is 0.296 e. The van der Waals surface area contributed by atoms with E-state index in [1.807, 2.05) is 0 Å². The Morgan fingerprint density at radius 1 is 1.10 bits per heavy atom. The maximum atomic E-state index is 13.4. The van der Waals surface area contributed by atoms with Crippen molar-refractivity contribution in [1.29, 1.82) is 0 Å². The third kappa shape index (κ3) is 3.41. The first-order chi connectivity index (χ1) is 14.2. The summed E-state index contributed by atoms with van der Waals surface area (Å²) in [5.41, 5.74) is 0.989. The molecule has 1 unspecified atom stereocenters. The van der Waals surface area contributed by atoms with Gasteiger partial charge in [-0.2, -0.15) is 0 Å². The highest BCUT2D eigenvalue weighted by atomic mass is 35.5. The average molecular weight is 481 g/mol. The molecule has 1 aliphatic rings. The first kappa shape index (κ1) is 20.9. The van der Waals surface area contributed by atoms with Crippen molar-refractivity contribution in [3.8, 4) is 0 Å². The van der Waals surface area contributed by atoms with Crippen LogP contribution in [0.3, 0.4) is 0 Å². The third-order valence-electron chi connectivity index (χ3n) is 4.54. The van der Waals surface area contributed by atoms with Gasteiger partial charge in [-0.1, -0.05) is 40.6 Å². The highest BCUT2D eigenvalue weighted by Gasteiger charge is 2.46. The molecule has 11 heteroatoms. The number of hydrogen-bond donors (Lipinski definition) is 1. The van der Waals surface area contributed by atoms with Gasteiger partial charge in [0.1, 0.15) is 5.01 Å². The normalized spacial score (nSPS) is 16.6. The number of rotatable bonds is 4. The summed E-state index contributed by atoms with van der Waals surface area (Å²) in [6.45, 7) is 5.25. The van der Waals surface area contributed by atoms with Crippen LogP contribution in [0.1, 0.15) is 37.0 Å². The molecule has 0 saturated carbocycles. The second kappa shape index (κ2) is 7.73. The Bertz CT molecular complexity index is 1230. The van der Waals surface area contributed by atoms with E-state index >= 15 is 0 Å². The lowest BCUT2D eigenvalue weighted by atomic mass is 9.95. The van der Waals surface area contributed by atoms with Gasteiger partial charge in [0, 0.05) is 0 Å². The van der Waals surface area contributed by atoms with Crippen LogP contribution in [0.15, 0.2) is 29.5 Å². The highest BCUT2D eigenvalue weighted by Crippen LogP contribution is 2.44. The molecular weight excluding hydrogens is 467 g/mol. The molecular formula is C19H14Cl2N4O3S2. The zero-order chi connectivity index (χ0) is 21.7. The molecule has 0 saturated heterocycles. The van der Waals surface area contributed by atoms with Gasteiger partial charge in [0.15, 0.2) is 5.76 Å². The molecule has 1 aromatic carbocycles. The number of benzene rings is 1. The Labute approximate surface area is 189 Å². The first-order valence-electron chi connectivity index (χ1n) is 8.69. The summed E-state index contributed by atoms with van der Waals surface area (Å²) >= 11 is 14.6. The molecule has 0 fully saturated rings. The van der Waals surface area contributed by atoms with Crippen LogP contribution in [-0.4, -0.2) is 32.0 Å². The second-order valence-electron chi connectivity index (χ2n) is 6.59. The number of thiazole rings is 1. The minimum Gasteiger partial charge on any atom is -0.503 e. The number of aliphatic hydroxyl groups is 1. The predicted octanol–water partition coefficient (Wildman–Crippen LogP) is 5.01. The van der Waals surface area contributed by atoms with Crippen LogP contribution < -0.4 is 4.90 Å². The minimum atomic E-state index is -0.936. The molecule has 1 aliphatic heterocycles. The van der Waals surface area contributed by atoms with Crippen LogP contribution >= 0.6 is 45.9 Å². The SMILES string of the molecule is Cc1nnc(N2C(=O)C(O)=C(C(=O)c3sc(C)nc3C)C2c2ccc(Cl)c(Cl)c2)s1. The quantitative estimate of drug-likeness (QED) is 0.527. The van der Waals surface area contributed by atoms with Gasteiger partial charge >= 0.3 is 0 Å². The first-order valence-corrected chi connectivity index (χ1v) is 11.1. The van der Waals surface area contributed by atoms with Gasteiger partial charge in [0.2, 0.25) is 10.9 Å². The van der Waals surface area contributed by atoms with Gasteiger partial charge in [-0.15, -0.1) is 21.5 Å². The van der Waals surface area contributed by atoms with Crippen LogP contribution in [0.4, 0.5) is 5.13 Å². The Morgan fingerprint density at radius 3 is 2.40 bits per heavy atom. The van der Waals surface area contributed by atoms with Gasteiger partial charge in [0.05, 0.1) is 37.2 Å². The van der Waals surface area contributed by atoms with Crippen molar-refractivity contribution in [3.63, 3.8) is 0 Å². The number of Topliss-reactive ketones (excluding diaryl/α,β-unsaturated/α-hetero) is 1. The van der Waals surface area contributed by atoms with Crippen LogP contribution in [0, 0.1) is 20.8 Å². The molecule has 3 aromatic rings. The molecule has 1 N–H and O–H groups in total. The van der Waals surface area contributed by atoms with Gasteiger partial charge in [-0.05, 0) is 38.5 Å². The molecule has 1 atom stereocenters. The van der Waals surface area contributed by atoms with Crippen molar-refractivity contribution < 1.29 is 14.7 Å². The van der Waals surface area contributed by atoms with E-state index < -0.39 is 23.5 Å². The summed E-state index contributed by atoms with van der Waals surface area (Å²) in [6.07, 6.45) is 0. The maximum absolute atomic E-state index is 13.4. The number of halogens is 2. The van der Waals surface area contributed by atoms with Crippen molar-refractivity contribution >= 4 is 62.7 Å². The second-order valence-corrected chi connectivity index (χ2v) is 9.77. The van der Waals surface area contributed by atoms with Crippen molar-refractivity contribution in [3.05, 3.63) is 65.7 Å². The molecule has 4 rings (SSSR count). The Kier molecular flexibility index (Phi) is 5.39. The Balaban J connectivity index is 1.91. The minimum absolute atomic E-state index is 0.0574. The van der Waals surface area contributed by atoms with Crippen LogP contribution in [-0.2, 0) is 4.79 Å². The molecule has 0 bridgehead atoms. The van der Waals surface area contributed by atoms with Crippen molar-refractivity contribution in [2.45, 2.75) is 26.8 Å². The standard InChI is InChI=1S/C19H14Cl2N4O3S2/c1-7-17(29-8(2)22-7)15(26)13-14(10-4-5-11(20)12(21)6-10)25(18(28)16(13)27)19-24-23-9(3)30-19/h4-6,14,27H,1-3H3. The number of ketones is 1. The number of amides is 1. The lowest BCUT2D eigenvalue weighted by molar-refractivity contribution is -0.117. The number of nitrogens with zero attached hydrogens (tertiary/aromatic N) is 4. The van der Waals surface area contributed by atoms with Gasteiger partial charge in [-0.3, -0.25) is 14.5 Å². The van der Waals surface area contributed by atoms with E-state index in [0.29, 0.717) is 31.2 Å². The van der Waals surface area contributed by atoms with Crippen LogP contribution in [0.25, 0.3) is 0 Å². The number of anilines is 1. The topological polar surface area (TPSA) is 96.3 Å². The number of aliphatic hydroxyl groups excluding tert-OH is 1. The van der Waals surface area contributed by atoms with E-state index in [-0.39, 0.29) is 15.7 Å². The summed E-state index contributed by atoms with van der Waals surface area (Å²) in [7, 11) is 0. The number of aromatic nitrogens is 3. The van der Waals surface area contributed by atoms with Crippen molar-refractivity contribution in [1.82, 2.24) is 15.2 Å². The fourth-order valence-corrected chi connectivity index (χ4v) is 5.17. The van der Waals surface area contributed by atoms with E-state index in [1.165, 1.54) is 27.6 Å². The zero-order valence-corrected chi connectivity index (χ0v) is 19.1. The molecule has 154 valence electrons. The number of carbonyl (C=O) groups excluding carboxylic acids is 2. The Hall–Kier alpha value is -2.33. The Morgan fingerprint density at radius 2 is 1.83 bits per heavy atom. The summed E-state index contributed by atoms with van der Waals surface area (Å²) < 4.78 is 0. The summed E-state index contributed by atoms with van der Waals surface area (Å²) in [5.74, 6) is -1.83. The number of carbonyl (C=O) groups is 2. The lowest BCUT2D eigenvalue weighted by Gasteiger charge is -2.24. The number of hydrogen-bond acceptors (Lipinski definition) is 8. The highest BCUT2D eigenvalue weighted by molar-refractivity contribution is 7.15. The van der Waals surface area contributed by atoms with E-state index in [1.54, 1.807) is 39.0 Å². The van der Waals surface area contributed by atoms with E-state index in [9.17, 15) is 14.7 Å². The molecule has 7 nitrogen and oxygen atoms in total.